The molecule has 0 bridgehead atoms. The van der Waals surface area contributed by atoms with Gasteiger partial charge in [-0.1, -0.05) is 43.7 Å². The molecule has 1 saturated heterocycles. The molecular weight excluding hydrogens is 224 g/mol. The second kappa shape index (κ2) is 6.55. The highest BCUT2D eigenvalue weighted by molar-refractivity contribution is 5.82. The van der Waals surface area contributed by atoms with Crippen LogP contribution < -0.4 is 10.6 Å². The van der Waals surface area contributed by atoms with E-state index in [9.17, 15) is 4.79 Å². The second-order valence-corrected chi connectivity index (χ2v) is 4.99. The third kappa shape index (κ3) is 3.57. The zero-order chi connectivity index (χ0) is 12.8. The Morgan fingerprint density at radius 3 is 2.83 bits per heavy atom. The smallest absolute Gasteiger partial charge is 0.237 e. The molecule has 3 nitrogen and oxygen atoms in total. The Balaban J connectivity index is 1.76. The summed E-state index contributed by atoms with van der Waals surface area (Å²) in [6.45, 7) is 2.81. The van der Waals surface area contributed by atoms with Gasteiger partial charge in [-0.15, -0.1) is 0 Å². The van der Waals surface area contributed by atoms with Crippen molar-refractivity contribution in [2.24, 2.45) is 0 Å². The molecule has 98 valence electrons. The van der Waals surface area contributed by atoms with Crippen molar-refractivity contribution in [3.05, 3.63) is 35.9 Å². The van der Waals surface area contributed by atoms with Crippen LogP contribution in [0.25, 0.3) is 0 Å². The van der Waals surface area contributed by atoms with E-state index in [1.807, 2.05) is 30.3 Å². The monoisotopic (exact) mass is 246 g/mol. The molecule has 0 unspecified atom stereocenters. The van der Waals surface area contributed by atoms with E-state index in [0.29, 0.717) is 12.6 Å². The molecule has 1 aliphatic rings. The van der Waals surface area contributed by atoms with Crippen LogP contribution >= 0.6 is 0 Å². The van der Waals surface area contributed by atoms with E-state index in [-0.39, 0.29) is 11.9 Å². The highest BCUT2D eigenvalue weighted by Crippen LogP contribution is 2.16. The number of rotatable bonds is 5. The van der Waals surface area contributed by atoms with Crippen LogP contribution in [0, 0.1) is 0 Å². The van der Waals surface area contributed by atoms with Crippen molar-refractivity contribution in [2.75, 3.05) is 0 Å². The summed E-state index contributed by atoms with van der Waals surface area (Å²) in [6.07, 6.45) is 4.43. The Bertz CT molecular complexity index is 377. The van der Waals surface area contributed by atoms with Crippen LogP contribution in [-0.2, 0) is 11.3 Å². The Hall–Kier alpha value is -1.35. The van der Waals surface area contributed by atoms with Crippen LogP contribution in [-0.4, -0.2) is 18.0 Å². The summed E-state index contributed by atoms with van der Waals surface area (Å²) < 4.78 is 0. The fourth-order valence-electron chi connectivity index (χ4n) is 2.51. The van der Waals surface area contributed by atoms with Crippen molar-refractivity contribution in [3.63, 3.8) is 0 Å². The first kappa shape index (κ1) is 13.1. The molecule has 1 fully saturated rings. The predicted molar refractivity (Wildman–Crippen MR) is 73.1 cm³/mol. The minimum Gasteiger partial charge on any atom is -0.351 e. The Labute approximate surface area is 109 Å². The van der Waals surface area contributed by atoms with Gasteiger partial charge in [0.2, 0.25) is 5.91 Å². The maximum atomic E-state index is 12.0. The molecule has 1 heterocycles. The first-order chi connectivity index (χ1) is 8.79. The minimum absolute atomic E-state index is 0.00487. The predicted octanol–water partition coefficient (Wildman–Crippen LogP) is 2.22. The molecule has 0 aliphatic carbocycles. The van der Waals surface area contributed by atoms with Crippen molar-refractivity contribution in [2.45, 2.75) is 51.2 Å². The second-order valence-electron chi connectivity index (χ2n) is 4.99. The maximum Gasteiger partial charge on any atom is 0.237 e. The quantitative estimate of drug-likeness (QED) is 0.836. The van der Waals surface area contributed by atoms with Gasteiger partial charge in [0.15, 0.2) is 0 Å². The molecular formula is C15H22N2O. The molecule has 2 rings (SSSR count). The Morgan fingerprint density at radius 1 is 1.33 bits per heavy atom. The van der Waals surface area contributed by atoms with E-state index in [1.165, 1.54) is 12.8 Å². The van der Waals surface area contributed by atoms with Gasteiger partial charge in [0.05, 0.1) is 6.04 Å². The molecule has 18 heavy (non-hydrogen) atoms. The summed E-state index contributed by atoms with van der Waals surface area (Å²) in [5.41, 5.74) is 1.15. The largest absolute Gasteiger partial charge is 0.351 e. The van der Waals surface area contributed by atoms with E-state index in [1.54, 1.807) is 0 Å². The van der Waals surface area contributed by atoms with E-state index in [2.05, 4.69) is 17.6 Å². The SMILES string of the molecule is CCC[C@H]1CC[C@@H](C(=O)NCc2ccccc2)N1. The number of amides is 1. The number of carbonyl (C=O) groups excluding carboxylic acids is 1. The maximum absolute atomic E-state index is 12.0. The van der Waals surface area contributed by atoms with Crippen molar-refractivity contribution in [3.8, 4) is 0 Å². The molecule has 0 aromatic heterocycles. The average molecular weight is 246 g/mol. The zero-order valence-electron chi connectivity index (χ0n) is 11.0. The molecule has 1 aromatic carbocycles. The number of carbonyl (C=O) groups is 1. The number of nitrogens with one attached hydrogen (secondary N) is 2. The van der Waals surface area contributed by atoms with Crippen LogP contribution in [0.5, 0.6) is 0 Å². The van der Waals surface area contributed by atoms with Gasteiger partial charge in [0.25, 0.3) is 0 Å². The molecule has 0 spiro atoms. The van der Waals surface area contributed by atoms with Gasteiger partial charge in [0.1, 0.15) is 0 Å². The van der Waals surface area contributed by atoms with E-state index in [0.717, 1.165) is 18.4 Å². The van der Waals surface area contributed by atoms with E-state index >= 15 is 0 Å². The summed E-state index contributed by atoms with van der Waals surface area (Å²) >= 11 is 0. The molecule has 1 aromatic rings. The lowest BCUT2D eigenvalue weighted by molar-refractivity contribution is -0.123. The first-order valence-corrected chi connectivity index (χ1v) is 6.87. The first-order valence-electron chi connectivity index (χ1n) is 6.87. The fraction of sp³-hybridized carbons (Fsp3) is 0.533. The van der Waals surface area contributed by atoms with Crippen molar-refractivity contribution < 1.29 is 4.79 Å². The molecule has 0 radical (unpaired) electrons. The summed E-state index contributed by atoms with van der Waals surface area (Å²) in [5.74, 6) is 0.137. The van der Waals surface area contributed by atoms with Crippen LogP contribution in [0.15, 0.2) is 30.3 Å². The third-order valence-corrected chi connectivity index (χ3v) is 3.50. The standard InChI is InChI=1S/C15H22N2O/c1-2-6-13-9-10-14(17-13)15(18)16-11-12-7-4-3-5-8-12/h3-5,7-8,13-14,17H,2,6,9-11H2,1H3,(H,16,18)/t13-,14-/m0/s1. The molecule has 0 saturated carbocycles. The van der Waals surface area contributed by atoms with Crippen LogP contribution in [0.3, 0.4) is 0 Å². The van der Waals surface area contributed by atoms with Crippen LogP contribution in [0.2, 0.25) is 0 Å². The Kier molecular flexibility index (Phi) is 4.76. The van der Waals surface area contributed by atoms with Gasteiger partial charge in [-0.2, -0.15) is 0 Å². The lowest BCUT2D eigenvalue weighted by atomic mass is 10.1. The zero-order valence-corrected chi connectivity index (χ0v) is 11.0. The minimum atomic E-state index is 0.00487. The van der Waals surface area contributed by atoms with Gasteiger partial charge >= 0.3 is 0 Å². The highest BCUT2D eigenvalue weighted by atomic mass is 16.2. The van der Waals surface area contributed by atoms with Gasteiger partial charge < -0.3 is 10.6 Å². The van der Waals surface area contributed by atoms with Gasteiger partial charge in [-0.05, 0) is 24.8 Å². The molecule has 1 amide bonds. The normalized spacial score (nSPS) is 22.9. The number of hydrogen-bond donors (Lipinski definition) is 2. The van der Waals surface area contributed by atoms with Crippen LogP contribution in [0.4, 0.5) is 0 Å². The lowest BCUT2D eigenvalue weighted by Crippen LogP contribution is -2.42. The average Bonchev–Trinajstić information content (AvgIpc) is 2.86. The molecule has 3 heteroatoms. The Morgan fingerprint density at radius 2 is 2.11 bits per heavy atom. The highest BCUT2D eigenvalue weighted by Gasteiger charge is 2.27. The number of hydrogen-bond acceptors (Lipinski definition) is 2. The van der Waals surface area contributed by atoms with E-state index in [4.69, 9.17) is 0 Å². The van der Waals surface area contributed by atoms with Crippen molar-refractivity contribution in [1.82, 2.24) is 10.6 Å². The summed E-state index contributed by atoms with van der Waals surface area (Å²) in [4.78, 5) is 12.0. The van der Waals surface area contributed by atoms with Gasteiger partial charge in [-0.25, -0.2) is 0 Å². The molecule has 2 N–H and O–H groups in total. The molecule has 1 aliphatic heterocycles. The van der Waals surface area contributed by atoms with E-state index < -0.39 is 0 Å². The van der Waals surface area contributed by atoms with Crippen molar-refractivity contribution >= 4 is 5.91 Å². The summed E-state index contributed by atoms with van der Waals surface area (Å²) in [5, 5.41) is 6.42. The van der Waals surface area contributed by atoms with Crippen LogP contribution in [0.1, 0.15) is 38.2 Å². The van der Waals surface area contributed by atoms with Gasteiger partial charge in [-0.3, -0.25) is 4.79 Å². The summed E-state index contributed by atoms with van der Waals surface area (Å²) in [6, 6.07) is 10.6. The summed E-state index contributed by atoms with van der Waals surface area (Å²) in [7, 11) is 0. The topological polar surface area (TPSA) is 41.1 Å². The lowest BCUT2D eigenvalue weighted by Gasteiger charge is -2.14. The third-order valence-electron chi connectivity index (χ3n) is 3.50. The van der Waals surface area contributed by atoms with Crippen molar-refractivity contribution in [1.29, 1.82) is 0 Å². The number of benzene rings is 1. The fourth-order valence-corrected chi connectivity index (χ4v) is 2.51. The molecule has 2 atom stereocenters. The van der Waals surface area contributed by atoms with Gasteiger partial charge in [0, 0.05) is 12.6 Å².